The molecule has 2 aromatic heterocycles. The number of halogens is 3. The summed E-state index contributed by atoms with van der Waals surface area (Å²) in [5.41, 5.74) is -0.585. The molecule has 0 spiro atoms. The highest BCUT2D eigenvalue weighted by molar-refractivity contribution is 6.03. The van der Waals surface area contributed by atoms with E-state index in [0.717, 1.165) is 30.3 Å². The molecule has 11 heteroatoms. The molecule has 1 aromatic carbocycles. The van der Waals surface area contributed by atoms with Crippen LogP contribution in [0, 0.1) is 23.4 Å². The Morgan fingerprint density at radius 3 is 2.44 bits per heavy atom. The summed E-state index contributed by atoms with van der Waals surface area (Å²) in [6, 6.07) is 6.13. The molecule has 3 N–H and O–H groups in total. The molecule has 0 bridgehead atoms. The van der Waals surface area contributed by atoms with Crippen LogP contribution in [0.5, 0.6) is 0 Å². The lowest BCUT2D eigenvalue weighted by atomic mass is 9.76. The van der Waals surface area contributed by atoms with Crippen molar-refractivity contribution in [3.63, 3.8) is 0 Å². The number of hydroxylamine groups is 2. The number of amides is 2. The Hall–Kier alpha value is -3.99. The van der Waals surface area contributed by atoms with Crippen LogP contribution >= 0.6 is 0 Å². The van der Waals surface area contributed by atoms with Crippen molar-refractivity contribution in [3.8, 4) is 11.3 Å². The zero-order valence-corrected chi connectivity index (χ0v) is 19.2. The molecule has 2 heterocycles. The number of nitrogens with one attached hydrogen (secondary N) is 1. The van der Waals surface area contributed by atoms with Gasteiger partial charge in [0.05, 0.1) is 23.5 Å². The fraction of sp³-hybridized carbons (Fsp3) is 0.280. The molecule has 1 aliphatic carbocycles. The van der Waals surface area contributed by atoms with Gasteiger partial charge < -0.3 is 10.4 Å². The molecule has 4 rings (SSSR count). The van der Waals surface area contributed by atoms with E-state index in [1.807, 2.05) is 6.92 Å². The largest absolute Gasteiger partial charge is 0.463 e. The maximum Gasteiger partial charge on any atom is 0.431 e. The standard InChI is InChI=1S/C25H23F3N4O4/c1-13-9-14(11-15(10-13)32(36)25(34)35)16-7-8-29-12-21(16)31-24(33)20-6-5-19(28)23(30-20)22-17(26)3-2-4-18(22)27/h2-8,12-15,36H,9-11H2,1H3,(H,31,33)(H,34,35)/t13-,14+,15?/m0/s1. The van der Waals surface area contributed by atoms with E-state index in [4.69, 9.17) is 5.11 Å². The van der Waals surface area contributed by atoms with Crippen molar-refractivity contribution >= 4 is 17.7 Å². The Balaban J connectivity index is 1.62. The predicted molar refractivity (Wildman–Crippen MR) is 123 cm³/mol. The number of rotatable bonds is 5. The molecule has 36 heavy (non-hydrogen) atoms. The minimum Gasteiger partial charge on any atom is -0.463 e. The molecule has 1 aliphatic rings. The summed E-state index contributed by atoms with van der Waals surface area (Å²) in [4.78, 5) is 32.2. The van der Waals surface area contributed by atoms with E-state index in [0.29, 0.717) is 35.6 Å². The van der Waals surface area contributed by atoms with Crippen LogP contribution in [0.1, 0.15) is 48.2 Å². The molecule has 8 nitrogen and oxygen atoms in total. The van der Waals surface area contributed by atoms with Gasteiger partial charge in [-0.3, -0.25) is 15.0 Å². The van der Waals surface area contributed by atoms with Crippen LogP contribution in [0.15, 0.2) is 48.8 Å². The molecule has 2 amide bonds. The van der Waals surface area contributed by atoms with E-state index in [2.05, 4.69) is 15.3 Å². The number of benzene rings is 1. The second kappa shape index (κ2) is 10.3. The smallest absolute Gasteiger partial charge is 0.431 e. The molecule has 1 unspecified atom stereocenters. The van der Waals surface area contributed by atoms with Gasteiger partial charge in [0.2, 0.25) is 0 Å². The quantitative estimate of drug-likeness (QED) is 0.317. The Morgan fingerprint density at radius 1 is 1.03 bits per heavy atom. The Morgan fingerprint density at radius 2 is 1.75 bits per heavy atom. The van der Waals surface area contributed by atoms with Crippen molar-refractivity contribution in [1.29, 1.82) is 0 Å². The van der Waals surface area contributed by atoms with Gasteiger partial charge in [0, 0.05) is 6.20 Å². The summed E-state index contributed by atoms with van der Waals surface area (Å²) in [5.74, 6) is -3.89. The van der Waals surface area contributed by atoms with Crippen LogP contribution in [-0.2, 0) is 0 Å². The lowest BCUT2D eigenvalue weighted by molar-refractivity contribution is -0.110. The fourth-order valence-electron chi connectivity index (χ4n) is 4.70. The van der Waals surface area contributed by atoms with Gasteiger partial charge in [0.15, 0.2) is 0 Å². The molecule has 0 radical (unpaired) electrons. The number of carbonyl (C=O) groups is 2. The van der Waals surface area contributed by atoms with E-state index < -0.39 is 46.8 Å². The lowest BCUT2D eigenvalue weighted by Crippen LogP contribution is -2.41. The Labute approximate surface area is 204 Å². The molecular formula is C25H23F3N4O4. The molecule has 188 valence electrons. The number of carboxylic acid groups (broad SMARTS) is 1. The summed E-state index contributed by atoms with van der Waals surface area (Å²) in [5, 5.41) is 22.1. The first-order chi connectivity index (χ1) is 17.2. The Bertz CT molecular complexity index is 1290. The first-order valence-corrected chi connectivity index (χ1v) is 11.2. The van der Waals surface area contributed by atoms with Gasteiger partial charge in [-0.1, -0.05) is 13.0 Å². The van der Waals surface area contributed by atoms with E-state index in [1.165, 1.54) is 12.4 Å². The number of aromatic nitrogens is 2. The molecule has 3 aromatic rings. The molecule has 3 atom stereocenters. The van der Waals surface area contributed by atoms with Gasteiger partial charge in [-0.15, -0.1) is 0 Å². The number of carbonyl (C=O) groups excluding carboxylic acids is 1. The third kappa shape index (κ3) is 5.15. The second-order valence-electron chi connectivity index (χ2n) is 8.83. The van der Waals surface area contributed by atoms with Gasteiger partial charge in [-0.2, -0.15) is 5.06 Å². The average Bonchev–Trinajstić information content (AvgIpc) is 2.84. The number of hydrogen-bond acceptors (Lipinski definition) is 5. The van der Waals surface area contributed by atoms with Gasteiger partial charge in [-0.05, 0) is 67.0 Å². The minimum absolute atomic E-state index is 0.0939. The first kappa shape index (κ1) is 25.1. The molecule has 0 aliphatic heterocycles. The van der Waals surface area contributed by atoms with Crippen LogP contribution in [0.2, 0.25) is 0 Å². The summed E-state index contributed by atoms with van der Waals surface area (Å²) in [6.07, 6.45) is 2.99. The van der Waals surface area contributed by atoms with Gasteiger partial charge in [0.25, 0.3) is 5.91 Å². The van der Waals surface area contributed by atoms with Crippen LogP contribution < -0.4 is 5.32 Å². The maximum atomic E-state index is 14.4. The third-order valence-corrected chi connectivity index (χ3v) is 6.28. The van der Waals surface area contributed by atoms with Crippen molar-refractivity contribution in [3.05, 3.63) is 77.5 Å². The topological polar surface area (TPSA) is 116 Å². The first-order valence-electron chi connectivity index (χ1n) is 11.2. The van der Waals surface area contributed by atoms with Crippen molar-refractivity contribution in [2.45, 2.75) is 38.1 Å². The normalized spacial score (nSPS) is 19.5. The average molecular weight is 500 g/mol. The van der Waals surface area contributed by atoms with Crippen LogP contribution in [0.4, 0.5) is 23.7 Å². The van der Waals surface area contributed by atoms with Crippen LogP contribution in [0.25, 0.3) is 11.3 Å². The molecule has 1 fully saturated rings. The maximum absolute atomic E-state index is 14.4. The zero-order chi connectivity index (χ0) is 26.0. The van der Waals surface area contributed by atoms with E-state index in [-0.39, 0.29) is 17.5 Å². The number of pyridine rings is 2. The van der Waals surface area contributed by atoms with Gasteiger partial charge >= 0.3 is 6.09 Å². The van der Waals surface area contributed by atoms with Gasteiger partial charge in [-0.25, -0.2) is 22.9 Å². The van der Waals surface area contributed by atoms with Crippen molar-refractivity contribution < 1.29 is 33.1 Å². The number of nitrogens with zero attached hydrogens (tertiary/aromatic N) is 3. The highest BCUT2D eigenvalue weighted by atomic mass is 19.1. The molecular weight excluding hydrogens is 477 g/mol. The predicted octanol–water partition coefficient (Wildman–Crippen LogP) is 5.45. The summed E-state index contributed by atoms with van der Waals surface area (Å²) in [7, 11) is 0. The summed E-state index contributed by atoms with van der Waals surface area (Å²) in [6.45, 7) is 1.94. The van der Waals surface area contributed by atoms with Crippen molar-refractivity contribution in [2.75, 3.05) is 5.32 Å². The second-order valence-corrected chi connectivity index (χ2v) is 8.83. The molecule has 1 saturated carbocycles. The van der Waals surface area contributed by atoms with Crippen LogP contribution in [-0.4, -0.2) is 43.4 Å². The fourth-order valence-corrected chi connectivity index (χ4v) is 4.70. The molecule has 0 saturated heterocycles. The highest BCUT2D eigenvalue weighted by Crippen LogP contribution is 2.40. The van der Waals surface area contributed by atoms with E-state index in [1.54, 1.807) is 6.07 Å². The van der Waals surface area contributed by atoms with Crippen LogP contribution in [0.3, 0.4) is 0 Å². The van der Waals surface area contributed by atoms with E-state index >= 15 is 0 Å². The van der Waals surface area contributed by atoms with E-state index in [9.17, 15) is 28.0 Å². The summed E-state index contributed by atoms with van der Waals surface area (Å²) < 4.78 is 42.8. The third-order valence-electron chi connectivity index (χ3n) is 6.28. The summed E-state index contributed by atoms with van der Waals surface area (Å²) >= 11 is 0. The van der Waals surface area contributed by atoms with Crippen molar-refractivity contribution in [2.24, 2.45) is 5.92 Å². The Kier molecular flexibility index (Phi) is 7.20. The minimum atomic E-state index is -1.44. The SMILES string of the molecule is C[C@@H]1CC(N(O)C(=O)O)C[C@H](c2ccncc2NC(=O)c2ccc(F)c(-c3c(F)cccc3F)n2)C1. The number of anilines is 1. The monoisotopic (exact) mass is 500 g/mol. The van der Waals surface area contributed by atoms with Gasteiger partial charge in [0.1, 0.15) is 28.8 Å². The lowest BCUT2D eigenvalue weighted by Gasteiger charge is -2.36. The number of hydrogen-bond donors (Lipinski definition) is 3. The van der Waals surface area contributed by atoms with Crippen molar-refractivity contribution in [1.82, 2.24) is 15.0 Å². The zero-order valence-electron chi connectivity index (χ0n) is 19.2. The highest BCUT2D eigenvalue weighted by Gasteiger charge is 2.34.